The van der Waals surface area contributed by atoms with Gasteiger partial charge in [-0.3, -0.25) is 14.4 Å². The van der Waals surface area contributed by atoms with Crippen LogP contribution in [0.2, 0.25) is 0 Å². The number of ether oxygens (including phenoxy) is 2. The number of hydrogen-bond donors (Lipinski definition) is 2. The molecule has 3 rings (SSSR count). The number of esters is 1. The van der Waals surface area contributed by atoms with Crippen molar-refractivity contribution in [3.63, 3.8) is 0 Å². The largest absolute Gasteiger partial charge is 0.457 e. The number of carbonyl (C=O) groups is 3. The van der Waals surface area contributed by atoms with E-state index in [1.54, 1.807) is 24.3 Å². The number of hydrogen-bond acceptors (Lipinski definition) is 5. The molecule has 0 aliphatic rings. The summed E-state index contributed by atoms with van der Waals surface area (Å²) in [5.41, 5.74) is 5.52. The van der Waals surface area contributed by atoms with E-state index in [9.17, 15) is 14.4 Å². The zero-order valence-electron chi connectivity index (χ0n) is 21.1. The lowest BCUT2D eigenvalue weighted by molar-refractivity contribution is -0.147. The summed E-state index contributed by atoms with van der Waals surface area (Å²) < 4.78 is 10.9. The SMILES string of the molecule is Cc1cc(C)cc(Oc2ccc(NC(=O)CCCC(=O)OCC(=O)Nc3cc(C)ccc3C)cc2)c1. The van der Waals surface area contributed by atoms with Gasteiger partial charge in [-0.15, -0.1) is 0 Å². The van der Waals surface area contributed by atoms with E-state index >= 15 is 0 Å². The highest BCUT2D eigenvalue weighted by Gasteiger charge is 2.11. The second-order valence-electron chi connectivity index (χ2n) is 8.88. The molecule has 188 valence electrons. The molecule has 0 aromatic heterocycles. The molecule has 0 saturated carbocycles. The predicted octanol–water partition coefficient (Wildman–Crippen LogP) is 6.00. The Labute approximate surface area is 211 Å². The number of carbonyl (C=O) groups excluding carboxylic acids is 3. The van der Waals surface area contributed by atoms with Gasteiger partial charge in [0.05, 0.1) is 0 Å². The van der Waals surface area contributed by atoms with Crippen LogP contribution >= 0.6 is 0 Å². The molecule has 2 amide bonds. The molecule has 7 heteroatoms. The number of benzene rings is 3. The van der Waals surface area contributed by atoms with Crippen molar-refractivity contribution in [3.05, 3.63) is 82.9 Å². The number of amides is 2. The Morgan fingerprint density at radius 1 is 0.694 bits per heavy atom. The van der Waals surface area contributed by atoms with Crippen LogP contribution in [0.3, 0.4) is 0 Å². The van der Waals surface area contributed by atoms with Crippen LogP contribution in [0.5, 0.6) is 11.5 Å². The lowest BCUT2D eigenvalue weighted by Gasteiger charge is -2.10. The summed E-state index contributed by atoms with van der Waals surface area (Å²) in [5, 5.41) is 5.54. The first-order chi connectivity index (χ1) is 17.2. The molecule has 36 heavy (non-hydrogen) atoms. The van der Waals surface area contributed by atoms with Gasteiger partial charge >= 0.3 is 5.97 Å². The lowest BCUT2D eigenvalue weighted by Crippen LogP contribution is -2.21. The molecule has 0 spiro atoms. The molecule has 0 heterocycles. The van der Waals surface area contributed by atoms with Crippen LogP contribution in [-0.2, 0) is 19.1 Å². The fourth-order valence-corrected chi connectivity index (χ4v) is 3.63. The van der Waals surface area contributed by atoms with Crippen LogP contribution in [-0.4, -0.2) is 24.4 Å². The van der Waals surface area contributed by atoms with Gasteiger partial charge in [0.25, 0.3) is 5.91 Å². The van der Waals surface area contributed by atoms with Gasteiger partial charge in [0.2, 0.25) is 5.91 Å². The van der Waals surface area contributed by atoms with Gasteiger partial charge in [-0.2, -0.15) is 0 Å². The van der Waals surface area contributed by atoms with Crippen molar-refractivity contribution in [2.24, 2.45) is 0 Å². The maximum atomic E-state index is 12.2. The van der Waals surface area contributed by atoms with Crippen LogP contribution in [0.15, 0.2) is 60.7 Å². The van der Waals surface area contributed by atoms with Crippen LogP contribution in [0.4, 0.5) is 11.4 Å². The molecule has 0 fully saturated rings. The number of anilines is 2. The lowest BCUT2D eigenvalue weighted by atomic mass is 10.1. The van der Waals surface area contributed by atoms with Crippen molar-refractivity contribution in [3.8, 4) is 11.5 Å². The monoisotopic (exact) mass is 488 g/mol. The van der Waals surface area contributed by atoms with Crippen molar-refractivity contribution in [1.29, 1.82) is 0 Å². The van der Waals surface area contributed by atoms with Gasteiger partial charge < -0.3 is 20.1 Å². The first-order valence-electron chi connectivity index (χ1n) is 11.9. The van der Waals surface area contributed by atoms with E-state index < -0.39 is 11.9 Å². The third kappa shape index (κ3) is 8.58. The van der Waals surface area contributed by atoms with Crippen molar-refractivity contribution in [1.82, 2.24) is 0 Å². The Hall–Kier alpha value is -4.13. The Morgan fingerprint density at radius 2 is 1.39 bits per heavy atom. The summed E-state index contributed by atoms with van der Waals surface area (Å²) in [6.45, 7) is 7.49. The van der Waals surface area contributed by atoms with Crippen molar-refractivity contribution in [2.75, 3.05) is 17.2 Å². The van der Waals surface area contributed by atoms with Crippen LogP contribution < -0.4 is 15.4 Å². The molecule has 0 radical (unpaired) electrons. The zero-order chi connectivity index (χ0) is 26.1. The Bertz CT molecular complexity index is 1210. The highest BCUT2D eigenvalue weighted by atomic mass is 16.5. The minimum atomic E-state index is -0.521. The van der Waals surface area contributed by atoms with Crippen LogP contribution in [0.25, 0.3) is 0 Å². The predicted molar refractivity (Wildman–Crippen MR) is 140 cm³/mol. The molecule has 7 nitrogen and oxygen atoms in total. The molecule has 0 unspecified atom stereocenters. The van der Waals surface area contributed by atoms with E-state index in [4.69, 9.17) is 9.47 Å². The molecular weight excluding hydrogens is 456 g/mol. The van der Waals surface area contributed by atoms with Gasteiger partial charge in [0.1, 0.15) is 11.5 Å². The average Bonchev–Trinajstić information content (AvgIpc) is 2.81. The standard InChI is InChI=1S/C29H32N2O5/c1-19-8-9-22(4)26(17-19)31-28(33)18-35-29(34)7-5-6-27(32)30-23-10-12-24(13-11-23)36-25-15-20(2)14-21(3)16-25/h8-17H,5-7,18H2,1-4H3,(H,30,32)(H,31,33). The second kappa shape index (κ2) is 12.5. The molecule has 3 aromatic carbocycles. The second-order valence-corrected chi connectivity index (χ2v) is 8.88. The summed E-state index contributed by atoms with van der Waals surface area (Å²) in [6, 6.07) is 18.8. The first kappa shape index (κ1) is 26.5. The third-order valence-electron chi connectivity index (χ3n) is 5.39. The van der Waals surface area contributed by atoms with Crippen LogP contribution in [0, 0.1) is 27.7 Å². The Morgan fingerprint density at radius 3 is 2.08 bits per heavy atom. The van der Waals surface area contributed by atoms with Gasteiger partial charge in [0.15, 0.2) is 6.61 Å². The maximum Gasteiger partial charge on any atom is 0.306 e. The Balaban J connectivity index is 1.35. The fourth-order valence-electron chi connectivity index (χ4n) is 3.63. The smallest absolute Gasteiger partial charge is 0.306 e. The van der Waals surface area contributed by atoms with Gasteiger partial charge in [-0.05, 0) is 98.8 Å². The molecule has 0 aliphatic heterocycles. The maximum absolute atomic E-state index is 12.2. The molecular formula is C29H32N2O5. The molecule has 0 saturated heterocycles. The highest BCUT2D eigenvalue weighted by Crippen LogP contribution is 2.25. The summed E-state index contributed by atoms with van der Waals surface area (Å²) in [5.74, 6) is 0.297. The molecule has 3 aromatic rings. The third-order valence-corrected chi connectivity index (χ3v) is 5.39. The Kier molecular flexibility index (Phi) is 9.22. The normalized spacial score (nSPS) is 10.4. The van der Waals surface area contributed by atoms with E-state index in [2.05, 4.69) is 16.7 Å². The molecule has 0 bridgehead atoms. The average molecular weight is 489 g/mol. The van der Waals surface area contributed by atoms with E-state index in [1.807, 2.05) is 58.0 Å². The van der Waals surface area contributed by atoms with E-state index in [0.717, 1.165) is 28.0 Å². The summed E-state index contributed by atoms with van der Waals surface area (Å²) >= 11 is 0. The highest BCUT2D eigenvalue weighted by molar-refractivity contribution is 5.93. The van der Waals surface area contributed by atoms with Crippen LogP contribution in [0.1, 0.15) is 41.5 Å². The summed E-state index contributed by atoms with van der Waals surface area (Å²) in [4.78, 5) is 36.2. The van der Waals surface area contributed by atoms with E-state index in [0.29, 0.717) is 23.5 Å². The fraction of sp³-hybridized carbons (Fsp3) is 0.276. The first-order valence-corrected chi connectivity index (χ1v) is 11.9. The van der Waals surface area contributed by atoms with Gasteiger partial charge in [-0.1, -0.05) is 18.2 Å². The molecule has 0 atom stereocenters. The van der Waals surface area contributed by atoms with Gasteiger partial charge in [-0.25, -0.2) is 0 Å². The summed E-state index contributed by atoms with van der Waals surface area (Å²) in [6.07, 6.45) is 0.522. The van der Waals surface area contributed by atoms with Crippen molar-refractivity contribution < 1.29 is 23.9 Å². The summed E-state index contributed by atoms with van der Waals surface area (Å²) in [7, 11) is 0. The van der Waals surface area contributed by atoms with Gasteiger partial charge in [0, 0.05) is 24.2 Å². The zero-order valence-corrected chi connectivity index (χ0v) is 21.1. The van der Waals surface area contributed by atoms with E-state index in [-0.39, 0.29) is 25.4 Å². The van der Waals surface area contributed by atoms with Crippen molar-refractivity contribution >= 4 is 29.2 Å². The van der Waals surface area contributed by atoms with Crippen molar-refractivity contribution in [2.45, 2.75) is 47.0 Å². The van der Waals surface area contributed by atoms with E-state index in [1.165, 1.54) is 0 Å². The number of aryl methyl sites for hydroxylation is 4. The number of nitrogens with one attached hydrogen (secondary N) is 2. The minimum absolute atomic E-state index is 0.0485. The minimum Gasteiger partial charge on any atom is -0.457 e. The molecule has 2 N–H and O–H groups in total. The molecule has 0 aliphatic carbocycles. The number of rotatable bonds is 10. The topological polar surface area (TPSA) is 93.7 Å². The quantitative estimate of drug-likeness (QED) is 0.341.